The Morgan fingerprint density at radius 3 is 3.06 bits per heavy atom. The molecule has 1 amide bonds. The summed E-state index contributed by atoms with van der Waals surface area (Å²) in [6.07, 6.45) is 4.97. The zero-order chi connectivity index (χ0) is 12.1. The molecular weight excluding hydrogens is 242 g/mol. The number of carbonyl (C=O) groups is 1. The highest BCUT2D eigenvalue weighted by Crippen LogP contribution is 2.03. The molecule has 2 rings (SSSR count). The van der Waals surface area contributed by atoms with E-state index in [0.29, 0.717) is 13.0 Å². The number of amides is 1. The largest absolute Gasteiger partial charge is 0.469 e. The Morgan fingerprint density at radius 2 is 2.35 bits per heavy atom. The SMILES string of the molecule is O=C(NCCc1ccco1)c1cncc(Cl)n1. The predicted molar refractivity (Wildman–Crippen MR) is 61.8 cm³/mol. The number of furan rings is 1. The van der Waals surface area contributed by atoms with E-state index >= 15 is 0 Å². The fraction of sp³-hybridized carbons (Fsp3) is 0.182. The first-order valence-corrected chi connectivity index (χ1v) is 5.41. The summed E-state index contributed by atoms with van der Waals surface area (Å²) in [7, 11) is 0. The van der Waals surface area contributed by atoms with Gasteiger partial charge >= 0.3 is 0 Å². The van der Waals surface area contributed by atoms with E-state index in [2.05, 4.69) is 15.3 Å². The van der Waals surface area contributed by atoms with Crippen molar-refractivity contribution in [2.45, 2.75) is 6.42 Å². The lowest BCUT2D eigenvalue weighted by atomic mass is 10.3. The van der Waals surface area contributed by atoms with Crippen molar-refractivity contribution in [2.24, 2.45) is 0 Å². The molecule has 2 aromatic rings. The Hall–Kier alpha value is -1.88. The minimum Gasteiger partial charge on any atom is -0.469 e. The number of carbonyl (C=O) groups excluding carboxylic acids is 1. The van der Waals surface area contributed by atoms with Crippen LogP contribution < -0.4 is 5.32 Å². The maximum Gasteiger partial charge on any atom is 0.271 e. The smallest absolute Gasteiger partial charge is 0.271 e. The Morgan fingerprint density at radius 1 is 1.47 bits per heavy atom. The molecule has 1 N–H and O–H groups in total. The van der Waals surface area contributed by atoms with Crippen LogP contribution in [-0.4, -0.2) is 22.4 Å². The third-order valence-electron chi connectivity index (χ3n) is 2.07. The molecule has 0 aliphatic carbocycles. The van der Waals surface area contributed by atoms with E-state index in [0.717, 1.165) is 5.76 Å². The van der Waals surface area contributed by atoms with E-state index in [1.165, 1.54) is 12.4 Å². The fourth-order valence-corrected chi connectivity index (χ4v) is 1.44. The molecule has 17 heavy (non-hydrogen) atoms. The summed E-state index contributed by atoms with van der Waals surface area (Å²) in [5.74, 6) is 0.522. The molecule has 5 nitrogen and oxygen atoms in total. The Bertz CT molecular complexity index is 499. The van der Waals surface area contributed by atoms with Gasteiger partial charge in [0.05, 0.1) is 18.7 Å². The highest BCUT2D eigenvalue weighted by molar-refractivity contribution is 6.29. The molecule has 0 aliphatic heterocycles. The van der Waals surface area contributed by atoms with Crippen LogP contribution in [-0.2, 0) is 6.42 Å². The molecule has 0 aromatic carbocycles. The first-order valence-electron chi connectivity index (χ1n) is 5.04. The molecule has 2 heterocycles. The maximum absolute atomic E-state index is 11.6. The number of aromatic nitrogens is 2. The maximum atomic E-state index is 11.6. The van der Waals surface area contributed by atoms with Gasteiger partial charge in [-0.15, -0.1) is 0 Å². The summed E-state index contributed by atoms with van der Waals surface area (Å²) in [5, 5.41) is 2.90. The number of nitrogens with one attached hydrogen (secondary N) is 1. The highest BCUT2D eigenvalue weighted by Gasteiger charge is 2.07. The number of halogens is 1. The van der Waals surface area contributed by atoms with Gasteiger partial charge in [0.2, 0.25) is 0 Å². The Balaban J connectivity index is 1.85. The molecule has 0 saturated carbocycles. The molecule has 0 aliphatic rings. The molecule has 0 atom stereocenters. The topological polar surface area (TPSA) is 68.0 Å². The molecule has 2 aromatic heterocycles. The fourth-order valence-electron chi connectivity index (χ4n) is 1.30. The van der Waals surface area contributed by atoms with Crippen molar-refractivity contribution in [3.8, 4) is 0 Å². The van der Waals surface area contributed by atoms with Crippen LogP contribution in [0.3, 0.4) is 0 Å². The first-order chi connectivity index (χ1) is 8.25. The second kappa shape index (κ2) is 5.45. The molecule has 6 heteroatoms. The molecule has 0 unspecified atom stereocenters. The zero-order valence-electron chi connectivity index (χ0n) is 8.89. The van der Waals surface area contributed by atoms with Gasteiger partial charge in [-0.2, -0.15) is 0 Å². The molecule has 0 radical (unpaired) electrons. The standard InChI is InChI=1S/C11H10ClN3O2/c12-10-7-13-6-9(15-10)11(16)14-4-3-8-2-1-5-17-8/h1-2,5-7H,3-4H2,(H,14,16). The van der Waals surface area contributed by atoms with Gasteiger partial charge in [0.1, 0.15) is 16.6 Å². The number of hydrogen-bond donors (Lipinski definition) is 1. The summed E-state index contributed by atoms with van der Waals surface area (Å²) < 4.78 is 5.14. The zero-order valence-corrected chi connectivity index (χ0v) is 9.65. The summed E-state index contributed by atoms with van der Waals surface area (Å²) in [5.41, 5.74) is 0.206. The normalized spacial score (nSPS) is 10.2. The quantitative estimate of drug-likeness (QED) is 0.898. The van der Waals surface area contributed by atoms with Crippen molar-refractivity contribution >= 4 is 17.5 Å². The van der Waals surface area contributed by atoms with E-state index in [1.807, 2.05) is 6.07 Å². The summed E-state index contributed by atoms with van der Waals surface area (Å²) >= 11 is 5.64. The number of hydrogen-bond acceptors (Lipinski definition) is 4. The Kier molecular flexibility index (Phi) is 3.72. The van der Waals surface area contributed by atoms with Crippen molar-refractivity contribution in [3.05, 3.63) is 47.4 Å². The van der Waals surface area contributed by atoms with Crippen molar-refractivity contribution < 1.29 is 9.21 Å². The molecular formula is C11H10ClN3O2. The van der Waals surface area contributed by atoms with Gasteiger partial charge in [-0.05, 0) is 12.1 Å². The van der Waals surface area contributed by atoms with E-state index in [1.54, 1.807) is 12.3 Å². The second-order valence-electron chi connectivity index (χ2n) is 3.31. The van der Waals surface area contributed by atoms with Crippen molar-refractivity contribution in [2.75, 3.05) is 6.54 Å². The van der Waals surface area contributed by atoms with Crippen molar-refractivity contribution in [3.63, 3.8) is 0 Å². The average molecular weight is 252 g/mol. The van der Waals surface area contributed by atoms with Crippen LogP contribution in [0, 0.1) is 0 Å². The van der Waals surface area contributed by atoms with Crippen molar-refractivity contribution in [1.82, 2.24) is 15.3 Å². The minimum atomic E-state index is -0.299. The van der Waals surface area contributed by atoms with Gasteiger partial charge in [-0.25, -0.2) is 4.98 Å². The lowest BCUT2D eigenvalue weighted by Crippen LogP contribution is -2.26. The van der Waals surface area contributed by atoms with E-state index in [-0.39, 0.29) is 16.8 Å². The lowest BCUT2D eigenvalue weighted by Gasteiger charge is -2.02. The van der Waals surface area contributed by atoms with Gasteiger partial charge in [-0.3, -0.25) is 9.78 Å². The summed E-state index contributed by atoms with van der Waals surface area (Å²) in [6, 6.07) is 3.66. The number of rotatable bonds is 4. The van der Waals surface area contributed by atoms with Gasteiger partial charge in [0.25, 0.3) is 5.91 Å². The third kappa shape index (κ3) is 3.29. The minimum absolute atomic E-state index is 0.198. The first kappa shape index (κ1) is 11.6. The van der Waals surface area contributed by atoms with Gasteiger partial charge in [0, 0.05) is 13.0 Å². The Labute approximate surface area is 103 Å². The van der Waals surface area contributed by atoms with E-state index in [9.17, 15) is 4.79 Å². The van der Waals surface area contributed by atoms with Gasteiger partial charge in [-0.1, -0.05) is 11.6 Å². The molecule has 0 spiro atoms. The average Bonchev–Trinajstić information content (AvgIpc) is 2.82. The van der Waals surface area contributed by atoms with Crippen LogP contribution in [0.5, 0.6) is 0 Å². The molecule has 0 bridgehead atoms. The molecule has 0 saturated heterocycles. The van der Waals surface area contributed by atoms with Crippen LogP contribution in [0.15, 0.2) is 35.2 Å². The predicted octanol–water partition coefficient (Wildman–Crippen LogP) is 1.70. The summed E-state index contributed by atoms with van der Waals surface area (Å²) in [4.78, 5) is 19.3. The van der Waals surface area contributed by atoms with Crippen LogP contribution in [0.4, 0.5) is 0 Å². The van der Waals surface area contributed by atoms with Crippen LogP contribution >= 0.6 is 11.6 Å². The molecule has 0 fully saturated rings. The van der Waals surface area contributed by atoms with Crippen LogP contribution in [0.25, 0.3) is 0 Å². The summed E-state index contributed by atoms with van der Waals surface area (Å²) in [6.45, 7) is 0.473. The van der Waals surface area contributed by atoms with E-state index < -0.39 is 0 Å². The second-order valence-corrected chi connectivity index (χ2v) is 3.70. The third-order valence-corrected chi connectivity index (χ3v) is 2.26. The monoisotopic (exact) mass is 251 g/mol. The van der Waals surface area contributed by atoms with E-state index in [4.69, 9.17) is 16.0 Å². The van der Waals surface area contributed by atoms with Crippen LogP contribution in [0.2, 0.25) is 5.15 Å². The number of nitrogens with zero attached hydrogens (tertiary/aromatic N) is 2. The van der Waals surface area contributed by atoms with Gasteiger partial charge < -0.3 is 9.73 Å². The molecule has 88 valence electrons. The van der Waals surface area contributed by atoms with Crippen LogP contribution in [0.1, 0.15) is 16.2 Å². The highest BCUT2D eigenvalue weighted by atomic mass is 35.5. The van der Waals surface area contributed by atoms with Crippen molar-refractivity contribution in [1.29, 1.82) is 0 Å². The lowest BCUT2D eigenvalue weighted by molar-refractivity contribution is 0.0948. The van der Waals surface area contributed by atoms with Gasteiger partial charge in [0.15, 0.2) is 0 Å².